The van der Waals surface area contributed by atoms with Crippen molar-refractivity contribution >= 4 is 11.6 Å². The number of anilines is 1. The van der Waals surface area contributed by atoms with Crippen LogP contribution in [0.25, 0.3) is 0 Å². The maximum Gasteiger partial charge on any atom is 0.224 e. The third-order valence-electron chi connectivity index (χ3n) is 2.77. The van der Waals surface area contributed by atoms with E-state index in [0.29, 0.717) is 6.42 Å². The smallest absolute Gasteiger partial charge is 0.224 e. The Hall–Kier alpha value is -1.39. The molecule has 0 spiro atoms. The van der Waals surface area contributed by atoms with E-state index in [1.165, 1.54) is 0 Å². The number of amides is 1. The molecule has 0 saturated carbocycles. The number of carbonyl (C=O) groups excluding carboxylic acids is 1. The van der Waals surface area contributed by atoms with Crippen molar-refractivity contribution in [3.8, 4) is 0 Å². The molecule has 1 amide bonds. The van der Waals surface area contributed by atoms with Gasteiger partial charge in [-0.2, -0.15) is 0 Å². The molecule has 0 aromatic heterocycles. The van der Waals surface area contributed by atoms with Crippen molar-refractivity contribution in [1.29, 1.82) is 0 Å². The number of carbonyl (C=O) groups is 1. The molecule has 1 aromatic carbocycles. The van der Waals surface area contributed by atoms with Crippen molar-refractivity contribution in [3.63, 3.8) is 0 Å². The fraction of sp³-hybridized carbons (Fsp3) is 0.500. The van der Waals surface area contributed by atoms with E-state index >= 15 is 0 Å². The van der Waals surface area contributed by atoms with Crippen LogP contribution in [-0.4, -0.2) is 26.2 Å². The van der Waals surface area contributed by atoms with E-state index in [4.69, 9.17) is 4.74 Å². The first kappa shape index (κ1) is 14.7. The zero-order valence-corrected chi connectivity index (χ0v) is 11.3. The Morgan fingerprint density at radius 1 is 1.44 bits per heavy atom. The second-order valence-corrected chi connectivity index (χ2v) is 4.36. The summed E-state index contributed by atoms with van der Waals surface area (Å²) in [5.41, 5.74) is 2.00. The van der Waals surface area contributed by atoms with Gasteiger partial charge >= 0.3 is 0 Å². The highest BCUT2D eigenvalue weighted by atomic mass is 16.5. The van der Waals surface area contributed by atoms with Gasteiger partial charge in [0.2, 0.25) is 5.91 Å². The average Bonchev–Trinajstić information content (AvgIpc) is 2.37. The summed E-state index contributed by atoms with van der Waals surface area (Å²) in [4.78, 5) is 11.7. The largest absolute Gasteiger partial charge is 0.382 e. The first-order chi connectivity index (χ1) is 8.65. The van der Waals surface area contributed by atoms with Crippen LogP contribution in [0.1, 0.15) is 25.3 Å². The van der Waals surface area contributed by atoms with E-state index < -0.39 is 0 Å². The summed E-state index contributed by atoms with van der Waals surface area (Å²) >= 11 is 0. The van der Waals surface area contributed by atoms with E-state index in [1.807, 2.05) is 38.2 Å². The molecular weight excluding hydrogens is 228 g/mol. The van der Waals surface area contributed by atoms with Gasteiger partial charge in [0.25, 0.3) is 0 Å². The maximum atomic E-state index is 11.7. The first-order valence-corrected chi connectivity index (χ1v) is 6.22. The first-order valence-electron chi connectivity index (χ1n) is 6.22. The van der Waals surface area contributed by atoms with E-state index in [1.54, 1.807) is 7.11 Å². The third kappa shape index (κ3) is 5.29. The molecule has 1 aromatic rings. The van der Waals surface area contributed by atoms with Gasteiger partial charge in [0.05, 0.1) is 6.10 Å². The van der Waals surface area contributed by atoms with Crippen molar-refractivity contribution in [1.82, 2.24) is 5.32 Å². The molecule has 18 heavy (non-hydrogen) atoms. The Morgan fingerprint density at radius 2 is 2.22 bits per heavy atom. The highest BCUT2D eigenvalue weighted by Crippen LogP contribution is 2.11. The number of benzene rings is 1. The van der Waals surface area contributed by atoms with Crippen LogP contribution in [0.2, 0.25) is 0 Å². The van der Waals surface area contributed by atoms with Gasteiger partial charge < -0.3 is 15.4 Å². The SMILES string of the molecule is CNCc1cccc(NC(=O)CCC(C)OC)c1. The number of nitrogens with one attached hydrogen (secondary N) is 2. The molecular formula is C14H22N2O2. The summed E-state index contributed by atoms with van der Waals surface area (Å²) in [6, 6.07) is 7.85. The van der Waals surface area contributed by atoms with Gasteiger partial charge in [-0.05, 0) is 38.1 Å². The van der Waals surface area contributed by atoms with Crippen LogP contribution >= 0.6 is 0 Å². The quantitative estimate of drug-likeness (QED) is 0.779. The molecule has 0 radical (unpaired) electrons. The van der Waals surface area contributed by atoms with Gasteiger partial charge in [-0.15, -0.1) is 0 Å². The van der Waals surface area contributed by atoms with E-state index in [0.717, 1.165) is 24.2 Å². The van der Waals surface area contributed by atoms with Crippen LogP contribution in [-0.2, 0) is 16.1 Å². The molecule has 0 aliphatic heterocycles. The second-order valence-electron chi connectivity index (χ2n) is 4.36. The Morgan fingerprint density at radius 3 is 2.89 bits per heavy atom. The molecule has 1 rings (SSSR count). The lowest BCUT2D eigenvalue weighted by Crippen LogP contribution is -2.15. The summed E-state index contributed by atoms with van der Waals surface area (Å²) in [5.74, 6) is 0.0282. The molecule has 1 unspecified atom stereocenters. The summed E-state index contributed by atoms with van der Waals surface area (Å²) in [7, 11) is 3.56. The maximum absolute atomic E-state index is 11.7. The second kappa shape index (κ2) is 7.84. The standard InChI is InChI=1S/C14H22N2O2/c1-11(18-3)7-8-14(17)16-13-6-4-5-12(9-13)10-15-2/h4-6,9,11,15H,7-8,10H2,1-3H3,(H,16,17). The third-order valence-corrected chi connectivity index (χ3v) is 2.77. The van der Waals surface area contributed by atoms with Gasteiger partial charge in [-0.25, -0.2) is 0 Å². The molecule has 0 aliphatic carbocycles. The fourth-order valence-electron chi connectivity index (χ4n) is 1.64. The minimum Gasteiger partial charge on any atom is -0.382 e. The molecule has 4 heteroatoms. The number of rotatable bonds is 7. The monoisotopic (exact) mass is 250 g/mol. The molecule has 0 saturated heterocycles. The summed E-state index contributed by atoms with van der Waals surface area (Å²) in [5, 5.41) is 5.98. The van der Waals surface area contributed by atoms with Crippen molar-refractivity contribution in [3.05, 3.63) is 29.8 Å². The topological polar surface area (TPSA) is 50.4 Å². The fourth-order valence-corrected chi connectivity index (χ4v) is 1.64. The summed E-state index contributed by atoms with van der Waals surface area (Å²) < 4.78 is 5.11. The zero-order chi connectivity index (χ0) is 13.4. The molecule has 0 heterocycles. The lowest BCUT2D eigenvalue weighted by Gasteiger charge is -2.10. The molecule has 0 aliphatic rings. The highest BCUT2D eigenvalue weighted by Gasteiger charge is 2.06. The molecule has 0 bridgehead atoms. The zero-order valence-electron chi connectivity index (χ0n) is 11.3. The molecule has 2 N–H and O–H groups in total. The van der Waals surface area contributed by atoms with Crippen LogP contribution in [0.4, 0.5) is 5.69 Å². The lowest BCUT2D eigenvalue weighted by molar-refractivity contribution is -0.116. The Kier molecular flexibility index (Phi) is 6.39. The predicted molar refractivity (Wildman–Crippen MR) is 73.5 cm³/mol. The van der Waals surface area contributed by atoms with Gasteiger partial charge in [0, 0.05) is 25.8 Å². The Labute approximate surface area is 109 Å². The van der Waals surface area contributed by atoms with Gasteiger partial charge in [0.1, 0.15) is 0 Å². The highest BCUT2D eigenvalue weighted by molar-refractivity contribution is 5.90. The van der Waals surface area contributed by atoms with Crippen LogP contribution in [0.15, 0.2) is 24.3 Å². The molecule has 100 valence electrons. The van der Waals surface area contributed by atoms with E-state index in [2.05, 4.69) is 10.6 Å². The van der Waals surface area contributed by atoms with Gasteiger partial charge in [-0.3, -0.25) is 4.79 Å². The minimum absolute atomic E-state index is 0.0282. The van der Waals surface area contributed by atoms with Crippen molar-refractivity contribution in [2.24, 2.45) is 0 Å². The van der Waals surface area contributed by atoms with Crippen molar-refractivity contribution in [2.45, 2.75) is 32.4 Å². The number of hydrogen-bond donors (Lipinski definition) is 2. The van der Waals surface area contributed by atoms with Gasteiger partial charge in [0.15, 0.2) is 0 Å². The predicted octanol–water partition coefficient (Wildman–Crippen LogP) is 2.16. The van der Waals surface area contributed by atoms with Crippen molar-refractivity contribution < 1.29 is 9.53 Å². The van der Waals surface area contributed by atoms with Crippen LogP contribution < -0.4 is 10.6 Å². The molecule has 4 nitrogen and oxygen atoms in total. The summed E-state index contributed by atoms with van der Waals surface area (Å²) in [6.07, 6.45) is 1.33. The minimum atomic E-state index is 0.0282. The van der Waals surface area contributed by atoms with E-state index in [-0.39, 0.29) is 12.0 Å². The van der Waals surface area contributed by atoms with Crippen molar-refractivity contribution in [2.75, 3.05) is 19.5 Å². The number of hydrogen-bond acceptors (Lipinski definition) is 3. The van der Waals surface area contributed by atoms with Crippen LogP contribution in [0.3, 0.4) is 0 Å². The number of ether oxygens (including phenoxy) is 1. The molecule has 1 atom stereocenters. The van der Waals surface area contributed by atoms with Gasteiger partial charge in [-0.1, -0.05) is 12.1 Å². The summed E-state index contributed by atoms with van der Waals surface area (Å²) in [6.45, 7) is 2.76. The van der Waals surface area contributed by atoms with Crippen LogP contribution in [0.5, 0.6) is 0 Å². The van der Waals surface area contributed by atoms with E-state index in [9.17, 15) is 4.79 Å². The Balaban J connectivity index is 2.46. The molecule has 0 fully saturated rings. The lowest BCUT2D eigenvalue weighted by atomic mass is 10.2. The normalized spacial score (nSPS) is 12.2. The number of methoxy groups -OCH3 is 1. The van der Waals surface area contributed by atoms with Crippen LogP contribution in [0, 0.1) is 0 Å². The average molecular weight is 250 g/mol. The Bertz CT molecular complexity index is 380.